The number of anilines is 1. The van der Waals surface area contributed by atoms with Crippen LogP contribution < -0.4 is 10.6 Å². The highest BCUT2D eigenvalue weighted by Crippen LogP contribution is 2.25. The van der Waals surface area contributed by atoms with Crippen molar-refractivity contribution in [2.75, 3.05) is 24.2 Å². The molecule has 0 radical (unpaired) electrons. The number of hydrogen-bond acceptors (Lipinski definition) is 6. The minimum absolute atomic E-state index is 0.0714. The molecule has 0 aromatic carbocycles. The monoisotopic (exact) mass is 354 g/mol. The number of nitrogens with zero attached hydrogens (tertiary/aromatic N) is 2. The van der Waals surface area contributed by atoms with Crippen molar-refractivity contribution in [1.82, 2.24) is 15.5 Å². The average Bonchev–Trinajstić information content (AvgIpc) is 3.02. The number of amides is 1. The van der Waals surface area contributed by atoms with Crippen molar-refractivity contribution in [3.8, 4) is 0 Å². The van der Waals surface area contributed by atoms with Gasteiger partial charge in [0.15, 0.2) is 4.34 Å². The first-order chi connectivity index (χ1) is 11.3. The van der Waals surface area contributed by atoms with Gasteiger partial charge in [-0.05, 0) is 38.5 Å². The molecule has 23 heavy (non-hydrogen) atoms. The summed E-state index contributed by atoms with van der Waals surface area (Å²) in [5, 5.41) is 15.3. The van der Waals surface area contributed by atoms with Gasteiger partial charge in [0, 0.05) is 13.1 Å². The first-order valence-corrected chi connectivity index (χ1v) is 10.2. The number of allylic oxidation sites excluding steroid dienone is 1. The van der Waals surface area contributed by atoms with E-state index in [1.165, 1.54) is 54.4 Å². The molecule has 0 saturated heterocycles. The van der Waals surface area contributed by atoms with Crippen LogP contribution in [0.4, 0.5) is 5.13 Å². The Labute approximate surface area is 146 Å². The molecule has 128 valence electrons. The van der Waals surface area contributed by atoms with Crippen molar-refractivity contribution < 1.29 is 4.79 Å². The zero-order valence-electron chi connectivity index (χ0n) is 13.8. The van der Waals surface area contributed by atoms with Crippen LogP contribution in [0.5, 0.6) is 0 Å². The van der Waals surface area contributed by atoms with E-state index in [-0.39, 0.29) is 5.91 Å². The number of carbonyl (C=O) groups excluding carboxylic acids is 1. The molecule has 1 aromatic heterocycles. The van der Waals surface area contributed by atoms with E-state index in [0.717, 1.165) is 41.8 Å². The molecule has 2 rings (SSSR count). The number of carbonyl (C=O) groups is 1. The van der Waals surface area contributed by atoms with Gasteiger partial charge in [-0.3, -0.25) is 4.79 Å². The normalized spacial score (nSPS) is 14.4. The van der Waals surface area contributed by atoms with Crippen LogP contribution in [0.25, 0.3) is 0 Å². The molecule has 0 saturated carbocycles. The van der Waals surface area contributed by atoms with Gasteiger partial charge in [0.25, 0.3) is 0 Å². The number of rotatable bonds is 10. The predicted molar refractivity (Wildman–Crippen MR) is 98.2 cm³/mol. The molecule has 0 atom stereocenters. The lowest BCUT2D eigenvalue weighted by atomic mass is 9.97. The van der Waals surface area contributed by atoms with Gasteiger partial charge in [0.2, 0.25) is 11.0 Å². The maximum absolute atomic E-state index is 11.9. The standard InChI is InChI=1S/C16H26N4OS2/c1-2-3-10-18-15-19-20-16(23-15)22-12-14(21)17-11-9-13-7-5-4-6-8-13/h7H,2-6,8-12H2,1H3,(H,17,21)(H,18,19). The fourth-order valence-corrected chi connectivity index (χ4v) is 3.99. The lowest BCUT2D eigenvalue weighted by molar-refractivity contribution is -0.118. The van der Waals surface area contributed by atoms with Crippen molar-refractivity contribution in [3.63, 3.8) is 0 Å². The molecule has 5 nitrogen and oxygen atoms in total. The van der Waals surface area contributed by atoms with Gasteiger partial charge in [0.1, 0.15) is 0 Å². The van der Waals surface area contributed by atoms with Gasteiger partial charge in [-0.15, -0.1) is 10.2 Å². The molecule has 7 heteroatoms. The summed E-state index contributed by atoms with van der Waals surface area (Å²) >= 11 is 2.97. The molecule has 0 unspecified atom stereocenters. The Kier molecular flexibility index (Phi) is 8.46. The third-order valence-electron chi connectivity index (χ3n) is 3.69. The molecule has 0 bridgehead atoms. The molecule has 0 spiro atoms. The second-order valence-corrected chi connectivity index (χ2v) is 7.85. The van der Waals surface area contributed by atoms with E-state index in [9.17, 15) is 4.79 Å². The van der Waals surface area contributed by atoms with E-state index >= 15 is 0 Å². The topological polar surface area (TPSA) is 66.9 Å². The number of thioether (sulfide) groups is 1. The quantitative estimate of drug-likeness (QED) is 0.379. The maximum atomic E-state index is 11.9. The van der Waals surface area contributed by atoms with Crippen molar-refractivity contribution in [2.45, 2.75) is 56.2 Å². The summed E-state index contributed by atoms with van der Waals surface area (Å²) in [6.45, 7) is 3.82. The second kappa shape index (κ2) is 10.6. The summed E-state index contributed by atoms with van der Waals surface area (Å²) in [4.78, 5) is 11.9. The summed E-state index contributed by atoms with van der Waals surface area (Å²) in [6, 6.07) is 0. The van der Waals surface area contributed by atoms with E-state index in [4.69, 9.17) is 0 Å². The molecule has 1 heterocycles. The Morgan fingerprint density at radius 2 is 2.26 bits per heavy atom. The molecule has 0 aliphatic heterocycles. The van der Waals surface area contributed by atoms with Crippen LogP contribution in [0.3, 0.4) is 0 Å². The van der Waals surface area contributed by atoms with Gasteiger partial charge in [-0.25, -0.2) is 0 Å². The molecule has 1 aromatic rings. The highest BCUT2D eigenvalue weighted by atomic mass is 32.2. The zero-order chi connectivity index (χ0) is 16.3. The van der Waals surface area contributed by atoms with E-state index in [1.807, 2.05) is 0 Å². The number of hydrogen-bond donors (Lipinski definition) is 2. The fourth-order valence-electron chi connectivity index (χ4n) is 2.38. The first-order valence-electron chi connectivity index (χ1n) is 8.42. The summed E-state index contributed by atoms with van der Waals surface area (Å²) in [5.41, 5.74) is 1.50. The Hall–Kier alpha value is -1.08. The van der Waals surface area contributed by atoms with E-state index in [1.54, 1.807) is 0 Å². The Morgan fingerprint density at radius 3 is 3.04 bits per heavy atom. The van der Waals surface area contributed by atoms with Crippen molar-refractivity contribution in [2.24, 2.45) is 0 Å². The molecule has 1 aliphatic carbocycles. The summed E-state index contributed by atoms with van der Waals surface area (Å²) in [6.07, 6.45) is 10.6. The highest BCUT2D eigenvalue weighted by Gasteiger charge is 2.08. The zero-order valence-corrected chi connectivity index (χ0v) is 15.4. The average molecular weight is 355 g/mol. The maximum Gasteiger partial charge on any atom is 0.230 e. The summed E-state index contributed by atoms with van der Waals surface area (Å²) in [5.74, 6) is 0.477. The van der Waals surface area contributed by atoms with Crippen LogP contribution in [-0.2, 0) is 4.79 Å². The molecule has 0 fully saturated rings. The van der Waals surface area contributed by atoms with E-state index in [0.29, 0.717) is 5.75 Å². The van der Waals surface area contributed by atoms with Crippen molar-refractivity contribution in [3.05, 3.63) is 11.6 Å². The van der Waals surface area contributed by atoms with Crippen LogP contribution in [0.1, 0.15) is 51.9 Å². The van der Waals surface area contributed by atoms with Crippen LogP contribution >= 0.6 is 23.1 Å². The second-order valence-electron chi connectivity index (χ2n) is 5.65. The molecule has 2 N–H and O–H groups in total. The SMILES string of the molecule is CCCCNc1nnc(SCC(=O)NCCC2=CCCCC2)s1. The highest BCUT2D eigenvalue weighted by molar-refractivity contribution is 8.01. The summed E-state index contributed by atoms with van der Waals surface area (Å²) in [7, 11) is 0. The largest absolute Gasteiger partial charge is 0.360 e. The molecular formula is C16H26N4OS2. The van der Waals surface area contributed by atoms with Gasteiger partial charge in [-0.2, -0.15) is 0 Å². The molecular weight excluding hydrogens is 328 g/mol. The number of unbranched alkanes of at least 4 members (excludes halogenated alkanes) is 1. The number of aromatic nitrogens is 2. The van der Waals surface area contributed by atoms with Gasteiger partial charge in [0.05, 0.1) is 5.75 Å². The first kappa shape index (κ1) is 18.3. The van der Waals surface area contributed by atoms with E-state index in [2.05, 4.69) is 33.8 Å². The predicted octanol–water partition coefficient (Wildman–Crippen LogP) is 3.85. The Bertz CT molecular complexity index is 516. The lowest BCUT2D eigenvalue weighted by Crippen LogP contribution is -2.26. The van der Waals surface area contributed by atoms with Crippen LogP contribution in [0, 0.1) is 0 Å². The van der Waals surface area contributed by atoms with Crippen LogP contribution in [-0.4, -0.2) is 34.9 Å². The fraction of sp³-hybridized carbons (Fsp3) is 0.688. The van der Waals surface area contributed by atoms with Crippen molar-refractivity contribution in [1.29, 1.82) is 0 Å². The third-order valence-corrected chi connectivity index (χ3v) is 5.71. The van der Waals surface area contributed by atoms with Gasteiger partial charge in [-0.1, -0.05) is 48.1 Å². The lowest BCUT2D eigenvalue weighted by Gasteiger charge is -2.12. The molecule has 1 aliphatic rings. The van der Waals surface area contributed by atoms with Gasteiger partial charge < -0.3 is 10.6 Å². The minimum atomic E-state index is 0.0714. The smallest absolute Gasteiger partial charge is 0.230 e. The van der Waals surface area contributed by atoms with Gasteiger partial charge >= 0.3 is 0 Å². The van der Waals surface area contributed by atoms with Crippen molar-refractivity contribution >= 4 is 34.1 Å². The molecule has 1 amide bonds. The summed E-state index contributed by atoms with van der Waals surface area (Å²) < 4.78 is 0.842. The van der Waals surface area contributed by atoms with Crippen LogP contribution in [0.2, 0.25) is 0 Å². The van der Waals surface area contributed by atoms with Crippen LogP contribution in [0.15, 0.2) is 16.0 Å². The third kappa shape index (κ3) is 7.35. The Balaban J connectivity index is 1.59. The number of nitrogens with one attached hydrogen (secondary N) is 2. The Morgan fingerprint density at radius 1 is 1.35 bits per heavy atom. The van der Waals surface area contributed by atoms with E-state index < -0.39 is 0 Å². The minimum Gasteiger partial charge on any atom is -0.360 e.